The van der Waals surface area contributed by atoms with E-state index < -0.39 is 0 Å². The molecule has 2 aliphatic rings. The molecule has 7 nitrogen and oxygen atoms in total. The summed E-state index contributed by atoms with van der Waals surface area (Å²) in [5.41, 5.74) is 0. The van der Waals surface area contributed by atoms with Crippen molar-refractivity contribution in [3.05, 3.63) is 24.2 Å². The number of nitrogens with zero attached hydrogens (tertiary/aromatic N) is 3. The number of likely N-dealkylation sites (N-methyl/N-ethyl adjacent to an activating group) is 1. The maximum atomic E-state index is 12.6. The van der Waals surface area contributed by atoms with Gasteiger partial charge in [-0.05, 0) is 39.1 Å². The summed E-state index contributed by atoms with van der Waals surface area (Å²) in [4.78, 5) is 30.9. The molecular formula is C19H30N4O3. The third kappa shape index (κ3) is 5.08. The van der Waals surface area contributed by atoms with E-state index in [4.69, 9.17) is 4.42 Å². The topological polar surface area (TPSA) is 69.0 Å². The first kappa shape index (κ1) is 18.9. The van der Waals surface area contributed by atoms with E-state index in [1.807, 2.05) is 31.1 Å². The van der Waals surface area contributed by atoms with Gasteiger partial charge in [0, 0.05) is 45.2 Å². The van der Waals surface area contributed by atoms with Crippen LogP contribution in [-0.2, 0) is 16.1 Å². The van der Waals surface area contributed by atoms with Gasteiger partial charge in [0.05, 0.1) is 18.7 Å². The highest BCUT2D eigenvalue weighted by Crippen LogP contribution is 2.19. The van der Waals surface area contributed by atoms with Gasteiger partial charge in [0.15, 0.2) is 0 Å². The molecule has 0 saturated carbocycles. The third-order valence-corrected chi connectivity index (χ3v) is 5.30. The molecule has 0 spiro atoms. The molecule has 0 bridgehead atoms. The Morgan fingerprint density at radius 3 is 2.77 bits per heavy atom. The highest BCUT2D eigenvalue weighted by Gasteiger charge is 2.35. The van der Waals surface area contributed by atoms with Crippen molar-refractivity contribution in [3.8, 4) is 0 Å². The molecule has 3 heterocycles. The Balaban J connectivity index is 1.39. The van der Waals surface area contributed by atoms with Crippen LogP contribution >= 0.6 is 0 Å². The fraction of sp³-hybridized carbons (Fsp3) is 0.684. The lowest BCUT2D eigenvalue weighted by atomic mass is 10.0. The Hall–Kier alpha value is -1.86. The van der Waals surface area contributed by atoms with Crippen molar-refractivity contribution < 1.29 is 14.0 Å². The van der Waals surface area contributed by atoms with Crippen LogP contribution in [0.15, 0.2) is 22.8 Å². The van der Waals surface area contributed by atoms with E-state index in [2.05, 4.69) is 15.1 Å². The second-order valence-electron chi connectivity index (χ2n) is 7.68. The Bertz CT molecular complexity index is 594. The van der Waals surface area contributed by atoms with E-state index in [1.54, 1.807) is 6.26 Å². The Kier molecular flexibility index (Phi) is 6.32. The highest BCUT2D eigenvalue weighted by molar-refractivity contribution is 5.89. The van der Waals surface area contributed by atoms with Gasteiger partial charge >= 0.3 is 0 Å². The lowest BCUT2D eigenvalue weighted by Gasteiger charge is -2.32. The summed E-state index contributed by atoms with van der Waals surface area (Å²) in [6.45, 7) is 4.80. The van der Waals surface area contributed by atoms with Crippen LogP contribution in [-0.4, -0.2) is 79.4 Å². The van der Waals surface area contributed by atoms with E-state index in [9.17, 15) is 9.59 Å². The minimum absolute atomic E-state index is 0.0372. The molecule has 7 heteroatoms. The van der Waals surface area contributed by atoms with Crippen LogP contribution in [0.2, 0.25) is 0 Å². The zero-order valence-corrected chi connectivity index (χ0v) is 15.8. The number of rotatable bonds is 7. The average Bonchev–Trinajstić information content (AvgIpc) is 3.24. The van der Waals surface area contributed by atoms with Crippen LogP contribution in [0.25, 0.3) is 0 Å². The quantitative estimate of drug-likeness (QED) is 0.776. The summed E-state index contributed by atoms with van der Waals surface area (Å²) in [6.07, 6.45) is 3.93. The average molecular weight is 362 g/mol. The molecular weight excluding hydrogens is 332 g/mol. The highest BCUT2D eigenvalue weighted by atomic mass is 16.3. The maximum absolute atomic E-state index is 12.6. The number of carbonyl (C=O) groups is 2. The number of hydrogen-bond acceptors (Lipinski definition) is 5. The summed E-state index contributed by atoms with van der Waals surface area (Å²) >= 11 is 0. The molecule has 1 aromatic heterocycles. The van der Waals surface area contributed by atoms with Crippen molar-refractivity contribution in [1.29, 1.82) is 0 Å². The number of furan rings is 1. The van der Waals surface area contributed by atoms with Crippen molar-refractivity contribution in [2.45, 2.75) is 31.8 Å². The normalized spacial score (nSPS) is 22.3. The number of carbonyl (C=O) groups excluding carboxylic acids is 2. The molecule has 3 rings (SSSR count). The lowest BCUT2D eigenvalue weighted by Crippen LogP contribution is -2.46. The van der Waals surface area contributed by atoms with Gasteiger partial charge in [0.25, 0.3) is 0 Å². The second-order valence-corrected chi connectivity index (χ2v) is 7.68. The second kappa shape index (κ2) is 8.68. The Labute approximate surface area is 155 Å². The lowest BCUT2D eigenvalue weighted by molar-refractivity contribution is -0.129. The SMILES string of the molecule is CN(C)CCN1CC(C(=O)NC2CCN(Cc3ccco3)CC2)CC1=O. The summed E-state index contributed by atoms with van der Waals surface area (Å²) in [5.74, 6) is 0.913. The van der Waals surface area contributed by atoms with Gasteiger partial charge in [-0.2, -0.15) is 0 Å². The fourth-order valence-corrected chi connectivity index (χ4v) is 3.66. The van der Waals surface area contributed by atoms with Crippen molar-refractivity contribution >= 4 is 11.8 Å². The van der Waals surface area contributed by atoms with E-state index in [0.717, 1.165) is 44.8 Å². The number of nitrogens with one attached hydrogen (secondary N) is 1. The van der Waals surface area contributed by atoms with E-state index in [0.29, 0.717) is 19.5 Å². The van der Waals surface area contributed by atoms with Crippen LogP contribution in [0.1, 0.15) is 25.0 Å². The maximum Gasteiger partial charge on any atom is 0.225 e. The monoisotopic (exact) mass is 362 g/mol. The van der Waals surface area contributed by atoms with Crippen LogP contribution in [0.3, 0.4) is 0 Å². The molecule has 1 atom stereocenters. The van der Waals surface area contributed by atoms with Crippen molar-refractivity contribution in [1.82, 2.24) is 20.0 Å². The number of hydrogen-bond donors (Lipinski definition) is 1. The Morgan fingerprint density at radius 2 is 2.12 bits per heavy atom. The summed E-state index contributed by atoms with van der Waals surface area (Å²) in [6, 6.07) is 4.11. The first-order valence-corrected chi connectivity index (χ1v) is 9.49. The fourth-order valence-electron chi connectivity index (χ4n) is 3.66. The summed E-state index contributed by atoms with van der Waals surface area (Å²) in [5, 5.41) is 3.17. The van der Waals surface area contributed by atoms with Crippen LogP contribution < -0.4 is 5.32 Å². The largest absolute Gasteiger partial charge is 0.468 e. The molecule has 2 saturated heterocycles. The standard InChI is InChI=1S/C19H30N4O3/c1-21(2)9-10-23-13-15(12-18(23)24)19(25)20-16-5-7-22(8-6-16)14-17-4-3-11-26-17/h3-4,11,15-16H,5-10,12-14H2,1-2H3,(H,20,25). The summed E-state index contributed by atoms with van der Waals surface area (Å²) in [7, 11) is 3.98. The zero-order chi connectivity index (χ0) is 18.5. The van der Waals surface area contributed by atoms with Gasteiger partial charge in [-0.25, -0.2) is 0 Å². The molecule has 1 unspecified atom stereocenters. The smallest absolute Gasteiger partial charge is 0.225 e. The Morgan fingerprint density at radius 1 is 1.35 bits per heavy atom. The first-order chi connectivity index (χ1) is 12.5. The van der Waals surface area contributed by atoms with Gasteiger partial charge in [0.1, 0.15) is 5.76 Å². The van der Waals surface area contributed by atoms with Crippen molar-refractivity contribution in [2.75, 3.05) is 46.8 Å². The molecule has 26 heavy (non-hydrogen) atoms. The number of likely N-dealkylation sites (tertiary alicyclic amines) is 2. The molecule has 0 aliphatic carbocycles. The van der Waals surface area contributed by atoms with Gasteiger partial charge < -0.3 is 19.5 Å². The summed E-state index contributed by atoms with van der Waals surface area (Å²) < 4.78 is 5.40. The van der Waals surface area contributed by atoms with Crippen LogP contribution in [0, 0.1) is 5.92 Å². The third-order valence-electron chi connectivity index (χ3n) is 5.30. The van der Waals surface area contributed by atoms with Crippen LogP contribution in [0.5, 0.6) is 0 Å². The molecule has 0 radical (unpaired) electrons. The zero-order valence-electron chi connectivity index (χ0n) is 15.8. The van der Waals surface area contributed by atoms with E-state index in [-0.39, 0.29) is 23.8 Å². The first-order valence-electron chi connectivity index (χ1n) is 9.49. The van der Waals surface area contributed by atoms with Crippen molar-refractivity contribution in [3.63, 3.8) is 0 Å². The minimum Gasteiger partial charge on any atom is -0.468 e. The van der Waals surface area contributed by atoms with Crippen molar-refractivity contribution in [2.24, 2.45) is 5.92 Å². The van der Waals surface area contributed by atoms with E-state index >= 15 is 0 Å². The molecule has 144 valence electrons. The van der Waals surface area contributed by atoms with E-state index in [1.165, 1.54) is 0 Å². The van der Waals surface area contributed by atoms with Gasteiger partial charge in [-0.3, -0.25) is 14.5 Å². The predicted octanol–water partition coefficient (Wildman–Crippen LogP) is 0.770. The predicted molar refractivity (Wildman–Crippen MR) is 98.4 cm³/mol. The molecule has 1 N–H and O–H groups in total. The molecule has 2 amide bonds. The molecule has 0 aromatic carbocycles. The molecule has 2 fully saturated rings. The molecule has 1 aromatic rings. The van der Waals surface area contributed by atoms with Gasteiger partial charge in [-0.1, -0.05) is 0 Å². The minimum atomic E-state index is -0.203. The van der Waals surface area contributed by atoms with Gasteiger partial charge in [0.2, 0.25) is 11.8 Å². The number of amides is 2. The number of piperidine rings is 1. The van der Waals surface area contributed by atoms with Crippen LogP contribution in [0.4, 0.5) is 0 Å². The molecule has 2 aliphatic heterocycles. The van der Waals surface area contributed by atoms with Gasteiger partial charge in [-0.15, -0.1) is 0 Å².